The standard InChI is InChI=1S/C19H29N3O2.HI/c1-4-20-19(22-16-11-15-9-10-18(16)24-15)21-12-14(3)23-17-8-6-5-7-13(17)2;/h5-8,14-16,18H,4,9-12H2,1-3H3,(H2,20,21,22);1H. The van der Waals surface area contributed by atoms with E-state index in [1.54, 1.807) is 0 Å². The molecule has 2 fully saturated rings. The van der Waals surface area contributed by atoms with Crippen LogP contribution in [0, 0.1) is 6.92 Å². The van der Waals surface area contributed by atoms with E-state index in [1.165, 1.54) is 6.42 Å². The fourth-order valence-corrected chi connectivity index (χ4v) is 3.45. The maximum atomic E-state index is 6.01. The molecule has 0 saturated carbocycles. The zero-order valence-electron chi connectivity index (χ0n) is 15.3. The summed E-state index contributed by atoms with van der Waals surface area (Å²) in [7, 11) is 0. The highest BCUT2D eigenvalue weighted by molar-refractivity contribution is 14.0. The molecule has 2 heterocycles. The minimum absolute atomic E-state index is 0. The van der Waals surface area contributed by atoms with Gasteiger partial charge in [0.05, 0.1) is 24.8 Å². The van der Waals surface area contributed by atoms with Crippen molar-refractivity contribution in [3.63, 3.8) is 0 Å². The number of rotatable bonds is 6. The van der Waals surface area contributed by atoms with E-state index in [0.717, 1.165) is 36.7 Å². The molecule has 5 nitrogen and oxygen atoms in total. The van der Waals surface area contributed by atoms with Crippen molar-refractivity contribution in [2.24, 2.45) is 4.99 Å². The first kappa shape index (κ1) is 20.3. The van der Waals surface area contributed by atoms with Crippen LogP contribution in [0.25, 0.3) is 0 Å². The molecule has 0 spiro atoms. The highest BCUT2D eigenvalue weighted by atomic mass is 127. The first-order chi connectivity index (χ1) is 11.7. The molecule has 2 aliphatic heterocycles. The van der Waals surface area contributed by atoms with Gasteiger partial charge in [-0.05, 0) is 51.7 Å². The van der Waals surface area contributed by atoms with Crippen molar-refractivity contribution < 1.29 is 9.47 Å². The van der Waals surface area contributed by atoms with Gasteiger partial charge >= 0.3 is 0 Å². The van der Waals surface area contributed by atoms with Gasteiger partial charge in [-0.25, -0.2) is 4.99 Å². The summed E-state index contributed by atoms with van der Waals surface area (Å²) < 4.78 is 11.9. The number of nitrogens with one attached hydrogen (secondary N) is 2. The van der Waals surface area contributed by atoms with Crippen molar-refractivity contribution in [1.29, 1.82) is 0 Å². The molecule has 0 amide bonds. The van der Waals surface area contributed by atoms with Gasteiger partial charge in [-0.2, -0.15) is 0 Å². The highest BCUT2D eigenvalue weighted by Crippen LogP contribution is 2.34. The lowest BCUT2D eigenvalue weighted by atomic mass is 9.96. The summed E-state index contributed by atoms with van der Waals surface area (Å²) in [6.07, 6.45) is 4.27. The van der Waals surface area contributed by atoms with Crippen LogP contribution in [-0.4, -0.2) is 43.4 Å². The van der Waals surface area contributed by atoms with Gasteiger partial charge in [-0.1, -0.05) is 18.2 Å². The summed E-state index contributed by atoms with van der Waals surface area (Å²) in [6.45, 7) is 7.67. The molecule has 1 aromatic carbocycles. The Bertz CT molecular complexity index is 582. The predicted molar refractivity (Wildman–Crippen MR) is 112 cm³/mol. The van der Waals surface area contributed by atoms with Crippen molar-refractivity contribution >= 4 is 29.9 Å². The molecule has 6 heteroatoms. The third kappa shape index (κ3) is 5.48. The van der Waals surface area contributed by atoms with E-state index in [2.05, 4.69) is 37.5 Å². The van der Waals surface area contributed by atoms with E-state index in [0.29, 0.717) is 24.8 Å². The molecular weight excluding hydrogens is 429 g/mol. The van der Waals surface area contributed by atoms with E-state index < -0.39 is 0 Å². The average Bonchev–Trinajstić information content (AvgIpc) is 3.18. The fourth-order valence-electron chi connectivity index (χ4n) is 3.45. The lowest BCUT2D eigenvalue weighted by Gasteiger charge is -2.23. The minimum atomic E-state index is 0. The normalized spacial score (nSPS) is 26.0. The van der Waals surface area contributed by atoms with Crippen molar-refractivity contribution in [2.45, 2.75) is 64.4 Å². The molecule has 2 bridgehead atoms. The van der Waals surface area contributed by atoms with Gasteiger partial charge in [0.2, 0.25) is 0 Å². The Labute approximate surface area is 168 Å². The van der Waals surface area contributed by atoms with Gasteiger partial charge in [0.15, 0.2) is 5.96 Å². The van der Waals surface area contributed by atoms with Crippen molar-refractivity contribution in [1.82, 2.24) is 10.6 Å². The molecule has 0 aromatic heterocycles. The Morgan fingerprint density at radius 1 is 1.36 bits per heavy atom. The third-order valence-corrected chi connectivity index (χ3v) is 4.70. The van der Waals surface area contributed by atoms with Crippen LogP contribution in [0.2, 0.25) is 0 Å². The highest BCUT2D eigenvalue weighted by Gasteiger charge is 2.41. The van der Waals surface area contributed by atoms with Crippen LogP contribution in [0.15, 0.2) is 29.3 Å². The second-order valence-corrected chi connectivity index (χ2v) is 6.77. The van der Waals surface area contributed by atoms with E-state index in [9.17, 15) is 0 Å². The number of halogens is 1. The molecule has 25 heavy (non-hydrogen) atoms. The zero-order valence-corrected chi connectivity index (χ0v) is 17.7. The van der Waals surface area contributed by atoms with Gasteiger partial charge < -0.3 is 20.1 Å². The van der Waals surface area contributed by atoms with Crippen LogP contribution in [0.5, 0.6) is 5.75 Å². The van der Waals surface area contributed by atoms with Gasteiger partial charge in [0.25, 0.3) is 0 Å². The maximum Gasteiger partial charge on any atom is 0.191 e. The molecule has 0 radical (unpaired) electrons. The monoisotopic (exact) mass is 459 g/mol. The van der Waals surface area contributed by atoms with Crippen molar-refractivity contribution in [2.75, 3.05) is 13.1 Å². The minimum Gasteiger partial charge on any atom is -0.489 e. The lowest BCUT2D eigenvalue weighted by molar-refractivity contribution is 0.0992. The zero-order chi connectivity index (χ0) is 16.9. The second-order valence-electron chi connectivity index (χ2n) is 6.77. The van der Waals surface area contributed by atoms with E-state index in [-0.39, 0.29) is 30.1 Å². The summed E-state index contributed by atoms with van der Waals surface area (Å²) in [4.78, 5) is 4.70. The number of benzene rings is 1. The summed E-state index contributed by atoms with van der Waals surface area (Å²) >= 11 is 0. The van der Waals surface area contributed by atoms with E-state index in [1.807, 2.05) is 18.2 Å². The number of para-hydroxylation sites is 1. The average molecular weight is 459 g/mol. The lowest BCUT2D eigenvalue weighted by Crippen LogP contribution is -2.47. The summed E-state index contributed by atoms with van der Waals surface area (Å²) in [5.41, 5.74) is 1.15. The van der Waals surface area contributed by atoms with Gasteiger partial charge in [-0.3, -0.25) is 0 Å². The Morgan fingerprint density at radius 3 is 2.80 bits per heavy atom. The van der Waals surface area contributed by atoms with Crippen LogP contribution in [0.1, 0.15) is 38.7 Å². The molecule has 140 valence electrons. The number of aryl methyl sites for hydroxylation is 1. The molecule has 1 aromatic rings. The smallest absolute Gasteiger partial charge is 0.191 e. The Morgan fingerprint density at radius 2 is 2.16 bits per heavy atom. The largest absolute Gasteiger partial charge is 0.489 e. The number of guanidine groups is 1. The van der Waals surface area contributed by atoms with Crippen LogP contribution >= 0.6 is 24.0 Å². The number of nitrogens with zero attached hydrogens (tertiary/aromatic N) is 1. The van der Waals surface area contributed by atoms with Crippen LogP contribution < -0.4 is 15.4 Å². The Kier molecular flexibility index (Phi) is 7.81. The third-order valence-electron chi connectivity index (χ3n) is 4.70. The van der Waals surface area contributed by atoms with Gasteiger partial charge in [-0.15, -0.1) is 24.0 Å². The van der Waals surface area contributed by atoms with E-state index in [4.69, 9.17) is 14.5 Å². The van der Waals surface area contributed by atoms with Crippen LogP contribution in [-0.2, 0) is 4.74 Å². The maximum absolute atomic E-state index is 6.01. The SMILES string of the molecule is CCNC(=NCC(C)Oc1ccccc1C)NC1CC2CCC1O2.I. The number of ether oxygens (including phenoxy) is 2. The molecule has 3 rings (SSSR count). The second kappa shape index (κ2) is 9.62. The Balaban J connectivity index is 0.00000225. The van der Waals surface area contributed by atoms with E-state index >= 15 is 0 Å². The molecule has 4 unspecified atom stereocenters. The van der Waals surface area contributed by atoms with Crippen molar-refractivity contribution in [3.8, 4) is 5.75 Å². The van der Waals surface area contributed by atoms with Crippen LogP contribution in [0.3, 0.4) is 0 Å². The van der Waals surface area contributed by atoms with Gasteiger partial charge in [0.1, 0.15) is 11.9 Å². The van der Waals surface area contributed by atoms with Crippen molar-refractivity contribution in [3.05, 3.63) is 29.8 Å². The summed E-state index contributed by atoms with van der Waals surface area (Å²) in [5.74, 6) is 1.79. The summed E-state index contributed by atoms with van der Waals surface area (Å²) in [6, 6.07) is 8.47. The van der Waals surface area contributed by atoms with Gasteiger partial charge in [0, 0.05) is 6.54 Å². The molecular formula is C19H30IN3O2. The predicted octanol–water partition coefficient (Wildman–Crippen LogP) is 3.26. The molecule has 2 saturated heterocycles. The fraction of sp³-hybridized carbons (Fsp3) is 0.632. The first-order valence-corrected chi connectivity index (χ1v) is 9.08. The number of aliphatic imine (C=N–C) groups is 1. The molecule has 0 aliphatic carbocycles. The molecule has 4 atom stereocenters. The Hall–Kier alpha value is -1.02. The topological polar surface area (TPSA) is 54.9 Å². The van der Waals surface area contributed by atoms with Crippen LogP contribution in [0.4, 0.5) is 0 Å². The first-order valence-electron chi connectivity index (χ1n) is 9.08. The number of fused-ring (bicyclic) bond motifs is 2. The number of hydrogen-bond acceptors (Lipinski definition) is 3. The molecule has 2 N–H and O–H groups in total. The summed E-state index contributed by atoms with van der Waals surface area (Å²) in [5, 5.41) is 6.86. The number of hydrogen-bond donors (Lipinski definition) is 2. The molecule has 2 aliphatic rings. The quantitative estimate of drug-likeness (QED) is 0.390.